The first-order valence-corrected chi connectivity index (χ1v) is 12.1. The number of carbonyl (C=O) groups excluding carboxylic acids is 1. The number of hydrogen-bond donors (Lipinski definition) is 2. The number of piperidine rings is 1. The van der Waals surface area contributed by atoms with Gasteiger partial charge in [-0.25, -0.2) is 4.79 Å². The lowest BCUT2D eigenvalue weighted by molar-refractivity contribution is 0.1000. The fraction of sp³-hybridized carbons (Fsp3) is 0.286. The number of carbonyl (C=O) groups is 2. The second-order valence-electron chi connectivity index (χ2n) is 8.54. The van der Waals surface area contributed by atoms with Crippen molar-refractivity contribution in [3.8, 4) is 5.75 Å². The molecule has 3 aromatic carbocycles. The number of carboxylic acid groups (broad SMARTS) is 1. The van der Waals surface area contributed by atoms with Crippen LogP contribution in [0.25, 0.3) is 0 Å². The molecule has 0 spiro atoms. The molecule has 1 fully saturated rings. The summed E-state index contributed by atoms with van der Waals surface area (Å²) in [6.07, 6.45) is 3.37. The molecule has 0 bridgehead atoms. The Morgan fingerprint density at radius 2 is 1.54 bits per heavy atom. The summed E-state index contributed by atoms with van der Waals surface area (Å²) in [5, 5.41) is 9.64. The Morgan fingerprint density at radius 1 is 0.914 bits per heavy atom. The maximum Gasteiger partial charge on any atom is 0.407 e. The van der Waals surface area contributed by atoms with E-state index in [0.29, 0.717) is 31.2 Å². The average molecular weight is 495 g/mol. The predicted molar refractivity (Wildman–Crippen MR) is 138 cm³/mol. The number of benzene rings is 3. The van der Waals surface area contributed by atoms with Crippen LogP contribution in [-0.4, -0.2) is 35.1 Å². The Bertz CT molecular complexity index is 1060. The molecule has 6 nitrogen and oxygen atoms in total. The molecule has 184 valence electrons. The summed E-state index contributed by atoms with van der Waals surface area (Å²) in [5.74, 6) is 0.940. The molecular weight excluding hydrogens is 464 g/mol. The van der Waals surface area contributed by atoms with E-state index in [-0.39, 0.29) is 0 Å². The van der Waals surface area contributed by atoms with Crippen LogP contribution in [0.5, 0.6) is 5.75 Å². The third-order valence-corrected chi connectivity index (χ3v) is 6.28. The van der Waals surface area contributed by atoms with Crippen LogP contribution in [0.15, 0.2) is 78.9 Å². The summed E-state index contributed by atoms with van der Waals surface area (Å²) < 4.78 is 5.57. The van der Waals surface area contributed by atoms with Crippen molar-refractivity contribution in [2.24, 2.45) is 11.7 Å². The van der Waals surface area contributed by atoms with Crippen molar-refractivity contribution in [2.75, 3.05) is 13.1 Å². The third-order valence-electron chi connectivity index (χ3n) is 6.03. The highest BCUT2D eigenvalue weighted by Crippen LogP contribution is 2.23. The first-order chi connectivity index (χ1) is 16.9. The molecule has 4 rings (SSSR count). The number of rotatable bonds is 7. The van der Waals surface area contributed by atoms with E-state index < -0.39 is 12.0 Å². The quantitative estimate of drug-likeness (QED) is 0.419. The maximum atomic E-state index is 10.9. The molecule has 3 N–H and O–H groups in total. The van der Waals surface area contributed by atoms with Crippen LogP contribution in [0.2, 0.25) is 5.02 Å². The van der Waals surface area contributed by atoms with E-state index in [0.717, 1.165) is 42.0 Å². The average Bonchev–Trinajstić information content (AvgIpc) is 2.88. The smallest absolute Gasteiger partial charge is 0.407 e. The summed E-state index contributed by atoms with van der Waals surface area (Å²) >= 11 is 5.85. The number of nitrogens with two attached hydrogens (primary N) is 1. The lowest BCUT2D eigenvalue weighted by atomic mass is 9.91. The van der Waals surface area contributed by atoms with Crippen LogP contribution in [0.4, 0.5) is 4.79 Å². The van der Waals surface area contributed by atoms with E-state index in [2.05, 4.69) is 12.1 Å². The molecule has 35 heavy (non-hydrogen) atoms. The summed E-state index contributed by atoms with van der Waals surface area (Å²) in [5.41, 5.74) is 8.04. The van der Waals surface area contributed by atoms with Crippen LogP contribution < -0.4 is 10.5 Å². The minimum atomic E-state index is -0.786. The van der Waals surface area contributed by atoms with Crippen LogP contribution in [0, 0.1) is 5.92 Å². The number of hydrogen-bond acceptors (Lipinski definition) is 3. The Labute approximate surface area is 211 Å². The molecule has 2 amide bonds. The van der Waals surface area contributed by atoms with E-state index >= 15 is 0 Å². The molecule has 0 aromatic heterocycles. The van der Waals surface area contributed by atoms with Gasteiger partial charge >= 0.3 is 6.09 Å². The van der Waals surface area contributed by atoms with Gasteiger partial charge in [0, 0.05) is 23.7 Å². The number of nitrogens with zero attached hydrogens (tertiary/aromatic N) is 1. The zero-order valence-corrected chi connectivity index (χ0v) is 20.4. The number of halogens is 1. The SMILES string of the molecule is NC(=O)c1ccc(OCc2ccccc2)cc1.O=C(O)N1CCC(CCc2ccc(Cl)cc2)CC1. The molecule has 1 aliphatic heterocycles. The van der Waals surface area contributed by atoms with Crippen molar-refractivity contribution in [3.05, 3.63) is 101 Å². The summed E-state index contributed by atoms with van der Waals surface area (Å²) in [6.45, 7) is 1.87. The molecule has 0 saturated carbocycles. The zero-order chi connectivity index (χ0) is 25.0. The normalized spacial score (nSPS) is 13.5. The van der Waals surface area contributed by atoms with E-state index in [4.69, 9.17) is 27.2 Å². The van der Waals surface area contributed by atoms with Gasteiger partial charge in [0.2, 0.25) is 5.91 Å². The fourth-order valence-electron chi connectivity index (χ4n) is 3.89. The van der Waals surface area contributed by atoms with Crippen molar-refractivity contribution in [3.63, 3.8) is 0 Å². The standard InChI is InChI=1S/C14H18ClNO2.C14H13NO2/c15-13-5-3-11(4-6-13)1-2-12-7-9-16(10-8-12)14(17)18;15-14(16)12-6-8-13(9-7-12)17-10-11-4-2-1-3-5-11/h3-6,12H,1-2,7-10H2,(H,17,18);1-9H,10H2,(H2,15,16). The molecule has 1 saturated heterocycles. The van der Waals surface area contributed by atoms with Crippen molar-refractivity contribution < 1.29 is 19.4 Å². The van der Waals surface area contributed by atoms with E-state index in [9.17, 15) is 9.59 Å². The fourth-order valence-corrected chi connectivity index (χ4v) is 4.02. The number of amides is 2. The Hall–Kier alpha value is -3.51. The first-order valence-electron chi connectivity index (χ1n) is 11.7. The summed E-state index contributed by atoms with van der Waals surface area (Å²) in [6, 6.07) is 24.7. The van der Waals surface area contributed by atoms with Gasteiger partial charge in [-0.2, -0.15) is 0 Å². The zero-order valence-electron chi connectivity index (χ0n) is 19.6. The number of ether oxygens (including phenoxy) is 1. The van der Waals surface area contributed by atoms with Crippen molar-refractivity contribution in [2.45, 2.75) is 32.3 Å². The molecule has 1 heterocycles. The summed E-state index contributed by atoms with van der Waals surface area (Å²) in [4.78, 5) is 23.2. The summed E-state index contributed by atoms with van der Waals surface area (Å²) in [7, 11) is 0. The van der Waals surface area contributed by atoms with Crippen LogP contribution >= 0.6 is 11.6 Å². The molecule has 3 aromatic rings. The number of primary amides is 1. The number of aryl methyl sites for hydroxylation is 1. The molecule has 0 radical (unpaired) electrons. The second-order valence-corrected chi connectivity index (χ2v) is 8.98. The van der Waals surface area contributed by atoms with Gasteiger partial charge in [-0.3, -0.25) is 4.79 Å². The molecule has 0 aliphatic carbocycles. The lowest BCUT2D eigenvalue weighted by Crippen LogP contribution is -2.37. The monoisotopic (exact) mass is 494 g/mol. The van der Waals surface area contributed by atoms with Gasteiger partial charge in [-0.15, -0.1) is 0 Å². The van der Waals surface area contributed by atoms with Crippen molar-refractivity contribution in [1.82, 2.24) is 4.90 Å². The highest BCUT2D eigenvalue weighted by Gasteiger charge is 2.21. The molecule has 0 atom stereocenters. The van der Waals surface area contributed by atoms with E-state index in [1.165, 1.54) is 10.5 Å². The van der Waals surface area contributed by atoms with Crippen LogP contribution in [-0.2, 0) is 13.0 Å². The molecule has 7 heteroatoms. The predicted octanol–water partition coefficient (Wildman–Crippen LogP) is 6.03. The minimum Gasteiger partial charge on any atom is -0.489 e. The molecular formula is C28H31ClN2O4. The van der Waals surface area contributed by atoms with Gasteiger partial charge in [0.1, 0.15) is 12.4 Å². The highest BCUT2D eigenvalue weighted by molar-refractivity contribution is 6.30. The van der Waals surface area contributed by atoms with Crippen molar-refractivity contribution in [1.29, 1.82) is 0 Å². The van der Waals surface area contributed by atoms with Gasteiger partial charge in [0.05, 0.1) is 0 Å². The second kappa shape index (κ2) is 13.4. The Morgan fingerprint density at radius 3 is 2.11 bits per heavy atom. The van der Waals surface area contributed by atoms with E-state index in [1.54, 1.807) is 24.3 Å². The largest absolute Gasteiger partial charge is 0.489 e. The molecule has 0 unspecified atom stereocenters. The van der Waals surface area contributed by atoms with Gasteiger partial charge in [0.15, 0.2) is 0 Å². The van der Waals surface area contributed by atoms with Crippen LogP contribution in [0.3, 0.4) is 0 Å². The van der Waals surface area contributed by atoms with Gasteiger partial charge in [-0.1, -0.05) is 54.1 Å². The lowest BCUT2D eigenvalue weighted by Gasteiger charge is -2.29. The third kappa shape index (κ3) is 8.98. The van der Waals surface area contributed by atoms with Crippen LogP contribution in [0.1, 0.15) is 40.7 Å². The van der Waals surface area contributed by atoms with E-state index in [1.807, 2.05) is 42.5 Å². The Kier molecular flexibility index (Phi) is 9.99. The van der Waals surface area contributed by atoms with Crippen molar-refractivity contribution >= 4 is 23.6 Å². The topological polar surface area (TPSA) is 92.9 Å². The van der Waals surface area contributed by atoms with Gasteiger partial charge in [0.25, 0.3) is 0 Å². The Balaban J connectivity index is 0.000000196. The minimum absolute atomic E-state index is 0.431. The first kappa shape index (κ1) is 26.1. The highest BCUT2D eigenvalue weighted by atomic mass is 35.5. The van der Waals surface area contributed by atoms with Gasteiger partial charge in [-0.05, 0) is 79.1 Å². The van der Waals surface area contributed by atoms with Gasteiger partial charge < -0.3 is 20.5 Å². The molecule has 1 aliphatic rings. The maximum absolute atomic E-state index is 10.9. The number of likely N-dealkylation sites (tertiary alicyclic amines) is 1.